The van der Waals surface area contributed by atoms with E-state index in [-0.39, 0.29) is 18.0 Å². The molecule has 1 aromatic carbocycles. The number of carbonyl (C=O) groups is 2. The number of alkyl carbamates (subject to hydrolysis) is 1. The molecule has 5 nitrogen and oxygen atoms in total. The third-order valence-corrected chi connectivity index (χ3v) is 2.51. The average molecular weight is 282 g/mol. The van der Waals surface area contributed by atoms with E-state index in [9.17, 15) is 14.0 Å². The summed E-state index contributed by atoms with van der Waals surface area (Å²) in [6.07, 6.45) is -0.564. The van der Waals surface area contributed by atoms with Crippen molar-refractivity contribution in [2.75, 3.05) is 13.7 Å². The second kappa shape index (κ2) is 7.47. The summed E-state index contributed by atoms with van der Waals surface area (Å²) in [7, 11) is 1.46. The van der Waals surface area contributed by atoms with E-state index in [2.05, 4.69) is 10.6 Å². The van der Waals surface area contributed by atoms with Crippen LogP contribution >= 0.6 is 0 Å². The van der Waals surface area contributed by atoms with Crippen molar-refractivity contribution in [3.63, 3.8) is 0 Å². The summed E-state index contributed by atoms with van der Waals surface area (Å²) in [6, 6.07) is 3.83. The number of rotatable bonds is 5. The minimum Gasteiger partial charge on any atom is -0.449 e. The van der Waals surface area contributed by atoms with E-state index in [4.69, 9.17) is 4.74 Å². The van der Waals surface area contributed by atoms with Crippen molar-refractivity contribution in [2.24, 2.45) is 5.92 Å². The molecule has 6 heteroatoms. The predicted molar refractivity (Wildman–Crippen MR) is 72.8 cm³/mol. The number of benzene rings is 1. The summed E-state index contributed by atoms with van der Waals surface area (Å²) >= 11 is 0. The van der Waals surface area contributed by atoms with Crippen LogP contribution < -0.4 is 10.6 Å². The number of amides is 2. The van der Waals surface area contributed by atoms with Gasteiger partial charge in [-0.2, -0.15) is 0 Å². The molecule has 0 aromatic heterocycles. The molecule has 2 amide bonds. The Hall–Kier alpha value is -2.11. The van der Waals surface area contributed by atoms with Gasteiger partial charge in [0.05, 0.1) is 6.61 Å². The Kier molecular flexibility index (Phi) is 5.96. The number of ether oxygens (including phenoxy) is 1. The molecule has 0 atom stereocenters. The molecule has 0 saturated heterocycles. The molecule has 0 aliphatic carbocycles. The highest BCUT2D eigenvalue weighted by Gasteiger charge is 2.12. The lowest BCUT2D eigenvalue weighted by Crippen LogP contribution is -2.27. The van der Waals surface area contributed by atoms with Gasteiger partial charge in [0.1, 0.15) is 5.82 Å². The third kappa shape index (κ3) is 4.87. The van der Waals surface area contributed by atoms with Gasteiger partial charge in [0.2, 0.25) is 0 Å². The molecule has 1 rings (SSSR count). The van der Waals surface area contributed by atoms with Crippen molar-refractivity contribution in [2.45, 2.75) is 20.4 Å². The minimum atomic E-state index is -0.564. The van der Waals surface area contributed by atoms with Crippen molar-refractivity contribution in [3.05, 3.63) is 35.1 Å². The molecule has 0 unspecified atom stereocenters. The van der Waals surface area contributed by atoms with Crippen LogP contribution in [-0.2, 0) is 11.3 Å². The van der Waals surface area contributed by atoms with E-state index in [0.29, 0.717) is 12.2 Å². The number of hydrogen-bond acceptors (Lipinski definition) is 3. The lowest BCUT2D eigenvalue weighted by Gasteiger charge is -2.11. The van der Waals surface area contributed by atoms with Crippen molar-refractivity contribution in [1.29, 1.82) is 0 Å². The summed E-state index contributed by atoms with van der Waals surface area (Å²) in [6.45, 7) is 4.27. The molecule has 0 bridgehead atoms. The van der Waals surface area contributed by atoms with E-state index >= 15 is 0 Å². The van der Waals surface area contributed by atoms with Crippen LogP contribution in [0.5, 0.6) is 0 Å². The molecule has 0 heterocycles. The van der Waals surface area contributed by atoms with Crippen LogP contribution in [0.3, 0.4) is 0 Å². The molecule has 110 valence electrons. The maximum absolute atomic E-state index is 13.2. The molecule has 0 spiro atoms. The fraction of sp³-hybridized carbons (Fsp3) is 0.429. The average Bonchev–Trinajstić information content (AvgIpc) is 2.42. The standard InChI is InChI=1S/C14H19FN2O3/c1-9(2)8-20-14(19)17-7-10-4-5-11(15)6-12(10)13(18)16-3/h4-6,9H,7-8H2,1-3H3,(H,16,18)(H,17,19). The first kappa shape index (κ1) is 15.9. The Morgan fingerprint density at radius 2 is 2.05 bits per heavy atom. The molecule has 0 fully saturated rings. The van der Waals surface area contributed by atoms with Crippen LogP contribution in [-0.4, -0.2) is 25.7 Å². The Labute approximate surface area is 117 Å². The van der Waals surface area contributed by atoms with Gasteiger partial charge >= 0.3 is 6.09 Å². The highest BCUT2D eigenvalue weighted by Crippen LogP contribution is 2.11. The predicted octanol–water partition coefficient (Wildman–Crippen LogP) is 2.07. The van der Waals surface area contributed by atoms with Gasteiger partial charge in [-0.25, -0.2) is 9.18 Å². The monoisotopic (exact) mass is 282 g/mol. The van der Waals surface area contributed by atoms with Crippen LogP contribution in [0.2, 0.25) is 0 Å². The van der Waals surface area contributed by atoms with Gasteiger partial charge in [-0.1, -0.05) is 19.9 Å². The van der Waals surface area contributed by atoms with Gasteiger partial charge < -0.3 is 15.4 Å². The topological polar surface area (TPSA) is 67.4 Å². The van der Waals surface area contributed by atoms with Gasteiger partial charge in [-0.3, -0.25) is 4.79 Å². The second-order valence-electron chi connectivity index (χ2n) is 4.73. The maximum atomic E-state index is 13.2. The van der Waals surface area contributed by atoms with Crippen molar-refractivity contribution in [1.82, 2.24) is 10.6 Å². The second-order valence-corrected chi connectivity index (χ2v) is 4.73. The molecule has 0 saturated carbocycles. The van der Waals surface area contributed by atoms with Crippen LogP contribution in [0.4, 0.5) is 9.18 Å². The SMILES string of the molecule is CNC(=O)c1cc(F)ccc1CNC(=O)OCC(C)C. The van der Waals surface area contributed by atoms with Gasteiger partial charge in [0.25, 0.3) is 5.91 Å². The Morgan fingerprint density at radius 1 is 1.35 bits per heavy atom. The zero-order valence-electron chi connectivity index (χ0n) is 11.8. The molecule has 1 aromatic rings. The lowest BCUT2D eigenvalue weighted by atomic mass is 10.1. The molecule has 20 heavy (non-hydrogen) atoms. The van der Waals surface area contributed by atoms with Crippen LogP contribution in [0.1, 0.15) is 29.8 Å². The normalized spacial score (nSPS) is 10.2. The minimum absolute atomic E-state index is 0.0972. The summed E-state index contributed by atoms with van der Waals surface area (Å²) < 4.78 is 18.1. The van der Waals surface area contributed by atoms with E-state index in [1.807, 2.05) is 13.8 Å². The Balaban J connectivity index is 2.68. The number of halogens is 1. The fourth-order valence-corrected chi connectivity index (χ4v) is 1.51. The summed E-state index contributed by atoms with van der Waals surface area (Å²) in [4.78, 5) is 23.1. The van der Waals surface area contributed by atoms with Crippen LogP contribution in [0.15, 0.2) is 18.2 Å². The molecular weight excluding hydrogens is 263 g/mol. The van der Waals surface area contributed by atoms with E-state index in [1.165, 1.54) is 19.2 Å². The van der Waals surface area contributed by atoms with Crippen LogP contribution in [0, 0.1) is 11.7 Å². The number of nitrogens with one attached hydrogen (secondary N) is 2. The first-order chi connectivity index (χ1) is 9.43. The first-order valence-electron chi connectivity index (χ1n) is 6.35. The van der Waals surface area contributed by atoms with Gasteiger partial charge in [0.15, 0.2) is 0 Å². The van der Waals surface area contributed by atoms with Gasteiger partial charge in [0, 0.05) is 19.2 Å². The van der Waals surface area contributed by atoms with Crippen LogP contribution in [0.25, 0.3) is 0 Å². The van der Waals surface area contributed by atoms with E-state index < -0.39 is 17.8 Å². The summed E-state index contributed by atoms with van der Waals surface area (Å²) in [5.41, 5.74) is 0.712. The lowest BCUT2D eigenvalue weighted by molar-refractivity contribution is 0.0960. The van der Waals surface area contributed by atoms with Crippen molar-refractivity contribution < 1.29 is 18.7 Å². The Bertz CT molecular complexity index is 489. The molecule has 2 N–H and O–H groups in total. The van der Waals surface area contributed by atoms with E-state index in [1.54, 1.807) is 0 Å². The third-order valence-electron chi connectivity index (χ3n) is 2.51. The maximum Gasteiger partial charge on any atom is 0.407 e. The van der Waals surface area contributed by atoms with E-state index in [0.717, 1.165) is 6.07 Å². The fourth-order valence-electron chi connectivity index (χ4n) is 1.51. The molecule has 0 aliphatic rings. The first-order valence-corrected chi connectivity index (χ1v) is 6.35. The zero-order chi connectivity index (χ0) is 15.1. The zero-order valence-corrected chi connectivity index (χ0v) is 11.8. The Morgan fingerprint density at radius 3 is 2.65 bits per heavy atom. The molecule has 0 aliphatic heterocycles. The summed E-state index contributed by atoms with van der Waals surface area (Å²) in [5, 5.41) is 4.96. The highest BCUT2D eigenvalue weighted by atomic mass is 19.1. The smallest absolute Gasteiger partial charge is 0.407 e. The van der Waals surface area contributed by atoms with Crippen molar-refractivity contribution in [3.8, 4) is 0 Å². The molecular formula is C14H19FN2O3. The summed E-state index contributed by atoms with van der Waals surface area (Å²) in [5.74, 6) is -0.667. The van der Waals surface area contributed by atoms with Gasteiger partial charge in [-0.15, -0.1) is 0 Å². The molecule has 0 radical (unpaired) electrons. The quantitative estimate of drug-likeness (QED) is 0.868. The number of hydrogen-bond donors (Lipinski definition) is 2. The number of carbonyl (C=O) groups excluding carboxylic acids is 2. The highest BCUT2D eigenvalue weighted by molar-refractivity contribution is 5.95. The van der Waals surface area contributed by atoms with Gasteiger partial charge in [-0.05, 0) is 23.6 Å². The largest absolute Gasteiger partial charge is 0.449 e. The van der Waals surface area contributed by atoms with Crippen molar-refractivity contribution >= 4 is 12.0 Å².